The molecule has 0 amide bonds. The quantitative estimate of drug-likeness (QED) is 0.910. The fourth-order valence-electron chi connectivity index (χ4n) is 2.82. The van der Waals surface area contributed by atoms with Crippen molar-refractivity contribution in [1.82, 2.24) is 4.98 Å². The van der Waals surface area contributed by atoms with Gasteiger partial charge in [-0.3, -0.25) is 4.98 Å². The lowest BCUT2D eigenvalue weighted by Gasteiger charge is -2.35. The van der Waals surface area contributed by atoms with Gasteiger partial charge in [0, 0.05) is 40.9 Å². The second kappa shape index (κ2) is 6.42. The largest absolute Gasteiger partial charge is 0.367 e. The molecule has 108 valence electrons. The summed E-state index contributed by atoms with van der Waals surface area (Å²) in [4.78, 5) is 6.77. The van der Waals surface area contributed by atoms with Crippen LogP contribution in [0, 0.1) is 0 Å². The second-order valence-electron chi connectivity index (χ2n) is 5.11. The molecule has 2 N–H and O–H groups in total. The molecule has 0 fully saturated rings. The molecule has 2 atom stereocenters. The normalized spacial score (nSPS) is 14.2. The highest BCUT2D eigenvalue weighted by Gasteiger charge is 2.21. The molecule has 1 unspecified atom stereocenters. The minimum absolute atomic E-state index is 0.121. The van der Waals surface area contributed by atoms with E-state index in [4.69, 9.17) is 17.3 Å². The minimum Gasteiger partial charge on any atom is -0.367 e. The number of rotatable bonds is 5. The summed E-state index contributed by atoms with van der Waals surface area (Å²) in [5.74, 6) is 0. The van der Waals surface area contributed by atoms with E-state index in [9.17, 15) is 0 Å². The van der Waals surface area contributed by atoms with Gasteiger partial charge in [0.2, 0.25) is 0 Å². The molecule has 1 aromatic heterocycles. The Bertz CT molecular complexity index is 583. The summed E-state index contributed by atoms with van der Waals surface area (Å²) < 4.78 is 0. The summed E-state index contributed by atoms with van der Waals surface area (Å²) in [6, 6.07) is 8.36. The second-order valence-corrected chi connectivity index (χ2v) is 5.55. The Balaban J connectivity index is 2.54. The Kier molecular flexibility index (Phi) is 4.84. The SMILES string of the molecule is CC[C@H](C(C)N)N(CC)c1ccnc2cc(Cl)ccc12. The summed E-state index contributed by atoms with van der Waals surface area (Å²) in [5.41, 5.74) is 8.25. The lowest BCUT2D eigenvalue weighted by atomic mass is 10.0. The fraction of sp³-hybridized carbons (Fsp3) is 0.438. The monoisotopic (exact) mass is 291 g/mol. The first-order chi connectivity index (χ1) is 9.58. The molecule has 1 heterocycles. The molecule has 0 aliphatic heterocycles. The molecule has 0 saturated heterocycles. The summed E-state index contributed by atoms with van der Waals surface area (Å²) in [7, 11) is 0. The van der Waals surface area contributed by atoms with E-state index in [0.717, 1.165) is 23.9 Å². The number of nitrogens with two attached hydrogens (primary N) is 1. The molecule has 2 rings (SSSR count). The van der Waals surface area contributed by atoms with Gasteiger partial charge < -0.3 is 10.6 Å². The third-order valence-electron chi connectivity index (χ3n) is 3.76. The van der Waals surface area contributed by atoms with Gasteiger partial charge in [-0.1, -0.05) is 18.5 Å². The first-order valence-corrected chi connectivity index (χ1v) is 7.52. The smallest absolute Gasteiger partial charge is 0.0737 e. The maximum absolute atomic E-state index is 6.15. The zero-order valence-electron chi connectivity index (χ0n) is 12.3. The van der Waals surface area contributed by atoms with Crippen LogP contribution in [0.4, 0.5) is 5.69 Å². The topological polar surface area (TPSA) is 42.1 Å². The van der Waals surface area contributed by atoms with Crippen LogP contribution in [0.1, 0.15) is 27.2 Å². The van der Waals surface area contributed by atoms with Crippen molar-refractivity contribution < 1.29 is 0 Å². The fourth-order valence-corrected chi connectivity index (χ4v) is 2.98. The van der Waals surface area contributed by atoms with Gasteiger partial charge in [0.05, 0.1) is 5.52 Å². The number of benzene rings is 1. The molecule has 1 aromatic carbocycles. The molecule has 3 nitrogen and oxygen atoms in total. The Morgan fingerprint density at radius 3 is 2.65 bits per heavy atom. The maximum Gasteiger partial charge on any atom is 0.0737 e. The van der Waals surface area contributed by atoms with Crippen molar-refractivity contribution in [2.75, 3.05) is 11.4 Å². The number of anilines is 1. The van der Waals surface area contributed by atoms with Crippen molar-refractivity contribution in [1.29, 1.82) is 0 Å². The molecule has 0 aliphatic rings. The van der Waals surface area contributed by atoms with E-state index in [2.05, 4.69) is 36.7 Å². The Morgan fingerprint density at radius 2 is 2.05 bits per heavy atom. The maximum atomic E-state index is 6.15. The van der Waals surface area contributed by atoms with Crippen molar-refractivity contribution in [2.45, 2.75) is 39.3 Å². The molecule has 0 aliphatic carbocycles. The number of pyridine rings is 1. The number of likely N-dealkylation sites (N-methyl/N-ethyl adjacent to an activating group) is 1. The van der Waals surface area contributed by atoms with Gasteiger partial charge in [0.25, 0.3) is 0 Å². The van der Waals surface area contributed by atoms with Crippen LogP contribution >= 0.6 is 11.6 Å². The predicted octanol–water partition coefficient (Wildman–Crippen LogP) is 3.84. The Labute approximate surface area is 125 Å². The summed E-state index contributed by atoms with van der Waals surface area (Å²) >= 11 is 6.05. The van der Waals surface area contributed by atoms with E-state index < -0.39 is 0 Å². The van der Waals surface area contributed by atoms with E-state index in [-0.39, 0.29) is 6.04 Å². The van der Waals surface area contributed by atoms with Gasteiger partial charge in [-0.15, -0.1) is 0 Å². The van der Waals surface area contributed by atoms with Gasteiger partial charge in [0.1, 0.15) is 0 Å². The van der Waals surface area contributed by atoms with Gasteiger partial charge in [-0.2, -0.15) is 0 Å². The van der Waals surface area contributed by atoms with E-state index in [1.165, 1.54) is 5.69 Å². The van der Waals surface area contributed by atoms with Crippen molar-refractivity contribution in [3.63, 3.8) is 0 Å². The molecular formula is C16H22ClN3. The van der Waals surface area contributed by atoms with Crippen LogP contribution in [-0.2, 0) is 0 Å². The summed E-state index contributed by atoms with van der Waals surface area (Å²) in [5, 5.41) is 1.84. The molecule has 2 aromatic rings. The van der Waals surface area contributed by atoms with Crippen LogP contribution in [0.5, 0.6) is 0 Å². The Morgan fingerprint density at radius 1 is 1.30 bits per heavy atom. The zero-order chi connectivity index (χ0) is 14.7. The van der Waals surface area contributed by atoms with Gasteiger partial charge >= 0.3 is 0 Å². The number of aromatic nitrogens is 1. The summed E-state index contributed by atoms with van der Waals surface area (Å²) in [6.45, 7) is 7.32. The lowest BCUT2D eigenvalue weighted by molar-refractivity contribution is 0.503. The average molecular weight is 292 g/mol. The standard InChI is InChI=1S/C16H22ClN3/c1-4-15(11(3)18)20(5-2)16-8-9-19-14-10-12(17)6-7-13(14)16/h6-11,15H,4-5,18H2,1-3H3/t11?,15-/m1/s1. The molecule has 0 saturated carbocycles. The van der Waals surface area contributed by atoms with Crippen molar-refractivity contribution in [2.24, 2.45) is 5.73 Å². The number of hydrogen-bond acceptors (Lipinski definition) is 3. The number of nitrogens with zero attached hydrogens (tertiary/aromatic N) is 2. The molecule has 0 radical (unpaired) electrons. The predicted molar refractivity (Wildman–Crippen MR) is 87.5 cm³/mol. The molecular weight excluding hydrogens is 270 g/mol. The van der Waals surface area contributed by atoms with Crippen molar-refractivity contribution in [3.8, 4) is 0 Å². The van der Waals surface area contributed by atoms with Crippen LogP contribution in [-0.4, -0.2) is 23.6 Å². The number of fused-ring (bicyclic) bond motifs is 1. The Hall–Kier alpha value is -1.32. The van der Waals surface area contributed by atoms with E-state index >= 15 is 0 Å². The van der Waals surface area contributed by atoms with Gasteiger partial charge in [-0.25, -0.2) is 0 Å². The number of hydrogen-bond donors (Lipinski definition) is 1. The average Bonchev–Trinajstić information content (AvgIpc) is 2.43. The summed E-state index contributed by atoms with van der Waals surface area (Å²) in [6.07, 6.45) is 2.85. The van der Waals surface area contributed by atoms with E-state index in [1.807, 2.05) is 24.4 Å². The molecule has 20 heavy (non-hydrogen) atoms. The van der Waals surface area contributed by atoms with Crippen LogP contribution in [0.2, 0.25) is 5.02 Å². The first kappa shape index (κ1) is 15.1. The van der Waals surface area contributed by atoms with Crippen LogP contribution < -0.4 is 10.6 Å². The van der Waals surface area contributed by atoms with E-state index in [1.54, 1.807) is 0 Å². The highest BCUT2D eigenvalue weighted by Crippen LogP contribution is 2.29. The third kappa shape index (κ3) is 2.89. The van der Waals surface area contributed by atoms with Crippen LogP contribution in [0.15, 0.2) is 30.5 Å². The van der Waals surface area contributed by atoms with Crippen molar-refractivity contribution >= 4 is 28.2 Å². The van der Waals surface area contributed by atoms with Gasteiger partial charge in [-0.05, 0) is 44.5 Å². The first-order valence-electron chi connectivity index (χ1n) is 7.15. The molecule has 4 heteroatoms. The van der Waals surface area contributed by atoms with Crippen molar-refractivity contribution in [3.05, 3.63) is 35.5 Å². The number of halogens is 1. The minimum atomic E-state index is 0.121. The highest BCUT2D eigenvalue weighted by molar-refractivity contribution is 6.31. The lowest BCUT2D eigenvalue weighted by Crippen LogP contribution is -2.46. The molecule has 0 spiro atoms. The van der Waals surface area contributed by atoms with E-state index in [0.29, 0.717) is 11.1 Å². The molecule has 0 bridgehead atoms. The highest BCUT2D eigenvalue weighted by atomic mass is 35.5. The third-order valence-corrected chi connectivity index (χ3v) is 3.99. The van der Waals surface area contributed by atoms with Crippen LogP contribution in [0.25, 0.3) is 10.9 Å². The zero-order valence-corrected chi connectivity index (χ0v) is 13.1. The van der Waals surface area contributed by atoms with Gasteiger partial charge in [0.15, 0.2) is 0 Å². The van der Waals surface area contributed by atoms with Crippen LogP contribution in [0.3, 0.4) is 0 Å².